The highest BCUT2D eigenvalue weighted by molar-refractivity contribution is 7.09. The van der Waals surface area contributed by atoms with Crippen LogP contribution in [-0.4, -0.2) is 10.5 Å². The van der Waals surface area contributed by atoms with E-state index in [0.29, 0.717) is 0 Å². The Bertz CT molecular complexity index is 120. The van der Waals surface area contributed by atoms with Crippen LogP contribution in [0.4, 0.5) is 0 Å². The molecule has 0 aromatic carbocycles. The molecule has 2 nitrogen and oxygen atoms in total. The van der Waals surface area contributed by atoms with Crippen LogP contribution in [0.15, 0.2) is 11.6 Å². The van der Waals surface area contributed by atoms with Crippen LogP contribution in [0, 0.1) is 6.92 Å². The maximum Gasteiger partial charge on any atom is 0.0893 e. The lowest BCUT2D eigenvalue weighted by Gasteiger charge is -1.65. The summed E-state index contributed by atoms with van der Waals surface area (Å²) >= 11 is 1.67. The smallest absolute Gasteiger partial charge is 0.0893 e. The summed E-state index contributed by atoms with van der Waals surface area (Å²) in [4.78, 5) is 3.94. The Morgan fingerprint density at radius 1 is 1.62 bits per heavy atom. The first-order valence-corrected chi connectivity index (χ1v) is 2.63. The van der Waals surface area contributed by atoms with Crippen molar-refractivity contribution in [3.8, 4) is 0 Å². The molecule has 0 unspecified atom stereocenters. The molecule has 0 atom stereocenters. The lowest BCUT2D eigenvalue weighted by Crippen LogP contribution is -1.56. The van der Waals surface area contributed by atoms with Gasteiger partial charge in [-0.2, -0.15) is 0 Å². The highest BCUT2D eigenvalue weighted by Crippen LogP contribution is 1.98. The van der Waals surface area contributed by atoms with Gasteiger partial charge < -0.3 is 5.48 Å². The molecular formula is C4H8ClNOS. The standard InChI is InChI=1S/C4H5NS.ClH.H2O/c1-4-5-2-3-6-4;;/h2-3H,1H3;1H;1H2. The number of aryl methyl sites for hydroxylation is 1. The fourth-order valence-corrected chi connectivity index (χ4v) is 0.735. The van der Waals surface area contributed by atoms with Gasteiger partial charge in [-0.3, -0.25) is 4.98 Å². The van der Waals surface area contributed by atoms with E-state index in [1.807, 2.05) is 12.3 Å². The molecule has 1 rings (SSSR count). The summed E-state index contributed by atoms with van der Waals surface area (Å²) in [6.45, 7) is 1.99. The van der Waals surface area contributed by atoms with Gasteiger partial charge in [0, 0.05) is 11.6 Å². The molecule has 0 aliphatic heterocycles. The Balaban J connectivity index is 0. The minimum absolute atomic E-state index is 0. The molecule has 8 heavy (non-hydrogen) atoms. The first kappa shape index (κ1) is 10.8. The summed E-state index contributed by atoms with van der Waals surface area (Å²) in [5.74, 6) is 0. The molecule has 48 valence electrons. The lowest BCUT2D eigenvalue weighted by molar-refractivity contribution is 0.824. The van der Waals surface area contributed by atoms with Gasteiger partial charge in [0.15, 0.2) is 0 Å². The van der Waals surface area contributed by atoms with Crippen LogP contribution in [0.3, 0.4) is 0 Å². The third-order valence-electron chi connectivity index (χ3n) is 0.556. The molecule has 0 amide bonds. The molecule has 1 heterocycles. The van der Waals surface area contributed by atoms with Crippen LogP contribution in [0.1, 0.15) is 5.01 Å². The summed E-state index contributed by atoms with van der Waals surface area (Å²) in [6.07, 6.45) is 1.81. The summed E-state index contributed by atoms with van der Waals surface area (Å²) in [5.41, 5.74) is 0. The first-order chi connectivity index (χ1) is 2.89. The zero-order chi connectivity index (χ0) is 4.41. The van der Waals surface area contributed by atoms with E-state index < -0.39 is 0 Å². The van der Waals surface area contributed by atoms with E-state index in [1.54, 1.807) is 17.5 Å². The maximum absolute atomic E-state index is 3.94. The summed E-state index contributed by atoms with van der Waals surface area (Å²) < 4.78 is 0. The van der Waals surface area contributed by atoms with E-state index in [4.69, 9.17) is 0 Å². The van der Waals surface area contributed by atoms with Gasteiger partial charge in [-0.15, -0.1) is 23.7 Å². The van der Waals surface area contributed by atoms with Gasteiger partial charge in [-0.1, -0.05) is 0 Å². The predicted molar refractivity (Wildman–Crippen MR) is 37.7 cm³/mol. The maximum atomic E-state index is 3.94. The van der Waals surface area contributed by atoms with Crippen LogP contribution >= 0.6 is 23.7 Å². The van der Waals surface area contributed by atoms with Crippen LogP contribution in [0.2, 0.25) is 0 Å². The van der Waals surface area contributed by atoms with E-state index in [0.717, 1.165) is 5.01 Å². The van der Waals surface area contributed by atoms with E-state index in [9.17, 15) is 0 Å². The van der Waals surface area contributed by atoms with Crippen molar-refractivity contribution in [3.63, 3.8) is 0 Å². The topological polar surface area (TPSA) is 44.4 Å². The van der Waals surface area contributed by atoms with Gasteiger partial charge in [-0.25, -0.2) is 0 Å². The number of halogens is 1. The summed E-state index contributed by atoms with van der Waals surface area (Å²) in [7, 11) is 0. The number of aromatic nitrogens is 1. The fraction of sp³-hybridized carbons (Fsp3) is 0.250. The zero-order valence-electron chi connectivity index (χ0n) is 4.42. The summed E-state index contributed by atoms with van der Waals surface area (Å²) in [5, 5.41) is 3.10. The van der Waals surface area contributed by atoms with Crippen LogP contribution < -0.4 is 0 Å². The molecule has 0 saturated carbocycles. The number of hydrogen-bond acceptors (Lipinski definition) is 2. The Labute approximate surface area is 58.3 Å². The SMILES string of the molecule is Cc1nccs1.Cl.O. The van der Waals surface area contributed by atoms with E-state index >= 15 is 0 Å². The Hall–Kier alpha value is -0.120. The normalized spacial score (nSPS) is 6.62. The van der Waals surface area contributed by atoms with E-state index in [-0.39, 0.29) is 17.9 Å². The molecule has 0 aliphatic carbocycles. The average molecular weight is 154 g/mol. The van der Waals surface area contributed by atoms with Crippen molar-refractivity contribution in [2.75, 3.05) is 0 Å². The molecule has 0 aliphatic rings. The lowest BCUT2D eigenvalue weighted by atomic mass is 10.8. The van der Waals surface area contributed by atoms with E-state index in [2.05, 4.69) is 4.98 Å². The van der Waals surface area contributed by atoms with Gasteiger partial charge in [0.2, 0.25) is 0 Å². The zero-order valence-corrected chi connectivity index (χ0v) is 6.05. The minimum Gasteiger partial charge on any atom is -0.412 e. The molecule has 0 fully saturated rings. The fourth-order valence-electron chi connectivity index (χ4n) is 0.295. The molecular weight excluding hydrogens is 146 g/mol. The van der Waals surface area contributed by atoms with Gasteiger partial charge in [-0.05, 0) is 6.92 Å². The molecule has 2 N–H and O–H groups in total. The molecule has 4 heteroatoms. The number of nitrogens with zero attached hydrogens (tertiary/aromatic N) is 1. The van der Waals surface area contributed by atoms with Crippen molar-refractivity contribution in [2.24, 2.45) is 0 Å². The van der Waals surface area contributed by atoms with Crippen molar-refractivity contribution < 1.29 is 5.48 Å². The number of thiazole rings is 1. The van der Waals surface area contributed by atoms with Gasteiger partial charge in [0.25, 0.3) is 0 Å². The minimum atomic E-state index is 0. The largest absolute Gasteiger partial charge is 0.412 e. The molecule has 0 saturated heterocycles. The second-order valence-electron chi connectivity index (χ2n) is 1.05. The molecule has 0 bridgehead atoms. The monoisotopic (exact) mass is 153 g/mol. The van der Waals surface area contributed by atoms with Gasteiger partial charge in [0.1, 0.15) is 0 Å². The van der Waals surface area contributed by atoms with Crippen molar-refractivity contribution in [3.05, 3.63) is 16.6 Å². The van der Waals surface area contributed by atoms with Crippen molar-refractivity contribution >= 4 is 23.7 Å². The summed E-state index contributed by atoms with van der Waals surface area (Å²) in [6, 6.07) is 0. The van der Waals surface area contributed by atoms with Crippen LogP contribution in [0.25, 0.3) is 0 Å². The first-order valence-electron chi connectivity index (χ1n) is 1.75. The quantitative estimate of drug-likeness (QED) is 0.550. The second kappa shape index (κ2) is 5.03. The Morgan fingerprint density at radius 3 is 2.38 bits per heavy atom. The number of hydrogen-bond donors (Lipinski definition) is 0. The highest BCUT2D eigenvalue weighted by Gasteiger charge is 1.76. The van der Waals surface area contributed by atoms with Crippen LogP contribution in [0.5, 0.6) is 0 Å². The van der Waals surface area contributed by atoms with Crippen LogP contribution in [-0.2, 0) is 0 Å². The molecule has 0 spiro atoms. The third kappa shape index (κ3) is 2.96. The van der Waals surface area contributed by atoms with Gasteiger partial charge in [0.05, 0.1) is 5.01 Å². The third-order valence-corrected chi connectivity index (χ3v) is 1.26. The van der Waals surface area contributed by atoms with Crippen molar-refractivity contribution in [2.45, 2.75) is 6.92 Å². The van der Waals surface area contributed by atoms with Crippen molar-refractivity contribution in [1.29, 1.82) is 0 Å². The molecule has 0 radical (unpaired) electrons. The van der Waals surface area contributed by atoms with Crippen molar-refractivity contribution in [1.82, 2.24) is 4.98 Å². The molecule has 1 aromatic heterocycles. The van der Waals surface area contributed by atoms with Gasteiger partial charge >= 0.3 is 0 Å². The number of rotatable bonds is 0. The average Bonchev–Trinajstić information content (AvgIpc) is 1.86. The Kier molecular flexibility index (Phi) is 6.78. The predicted octanol–water partition coefficient (Wildman–Crippen LogP) is 1.05. The second-order valence-corrected chi connectivity index (χ2v) is 2.15. The highest BCUT2D eigenvalue weighted by atomic mass is 35.5. The van der Waals surface area contributed by atoms with E-state index in [1.165, 1.54) is 0 Å². The molecule has 1 aromatic rings. The Morgan fingerprint density at radius 2 is 2.25 bits per heavy atom.